The monoisotopic (exact) mass is 328 g/mol. The van der Waals surface area contributed by atoms with E-state index in [0.29, 0.717) is 11.5 Å². The first-order valence-corrected chi connectivity index (χ1v) is 7.90. The van der Waals surface area contributed by atoms with E-state index >= 15 is 0 Å². The van der Waals surface area contributed by atoms with Crippen LogP contribution in [0.4, 0.5) is 5.95 Å². The zero-order valence-corrected chi connectivity index (χ0v) is 14.1. The molecule has 1 aliphatic heterocycles. The van der Waals surface area contributed by atoms with Crippen LogP contribution in [0.25, 0.3) is 16.6 Å². The number of hydrogen-bond acceptors (Lipinski definition) is 7. The molecule has 1 aromatic carbocycles. The van der Waals surface area contributed by atoms with Gasteiger partial charge in [-0.15, -0.1) is 0 Å². The van der Waals surface area contributed by atoms with Crippen molar-refractivity contribution in [3.63, 3.8) is 0 Å². The van der Waals surface area contributed by atoms with E-state index in [-0.39, 0.29) is 0 Å². The zero-order valence-electron chi connectivity index (χ0n) is 14.1. The smallest absolute Gasteiger partial charge is 0.229 e. The predicted octanol–water partition coefficient (Wildman–Crippen LogP) is 1.05. The van der Waals surface area contributed by atoms with Crippen LogP contribution >= 0.6 is 0 Å². The Balaban J connectivity index is 1.92. The van der Waals surface area contributed by atoms with Crippen LogP contribution < -0.4 is 14.4 Å². The Morgan fingerprint density at radius 3 is 2.42 bits per heavy atom. The molecule has 0 radical (unpaired) electrons. The molecule has 3 aromatic rings. The van der Waals surface area contributed by atoms with Crippen LogP contribution in [0.15, 0.2) is 18.5 Å². The third-order valence-electron chi connectivity index (χ3n) is 4.49. The minimum Gasteiger partial charge on any atom is -0.493 e. The van der Waals surface area contributed by atoms with Gasteiger partial charge in [0.2, 0.25) is 5.95 Å². The molecule has 0 N–H and O–H groups in total. The highest BCUT2D eigenvalue weighted by Crippen LogP contribution is 2.34. The van der Waals surface area contributed by atoms with Crippen LogP contribution in [-0.4, -0.2) is 71.9 Å². The van der Waals surface area contributed by atoms with Crippen molar-refractivity contribution in [1.29, 1.82) is 0 Å². The van der Waals surface area contributed by atoms with Gasteiger partial charge in [0, 0.05) is 37.6 Å². The summed E-state index contributed by atoms with van der Waals surface area (Å²) in [6.45, 7) is 3.83. The Kier molecular flexibility index (Phi) is 3.61. The van der Waals surface area contributed by atoms with Crippen LogP contribution in [0, 0.1) is 0 Å². The maximum absolute atomic E-state index is 5.41. The summed E-state index contributed by atoms with van der Waals surface area (Å²) in [5.74, 6) is 2.13. The van der Waals surface area contributed by atoms with Gasteiger partial charge in [-0.3, -0.25) is 0 Å². The summed E-state index contributed by atoms with van der Waals surface area (Å²) >= 11 is 0. The first-order chi connectivity index (χ1) is 11.7. The number of anilines is 1. The van der Waals surface area contributed by atoms with Gasteiger partial charge in [-0.05, 0) is 13.1 Å². The van der Waals surface area contributed by atoms with E-state index in [1.165, 1.54) is 0 Å². The van der Waals surface area contributed by atoms with Crippen molar-refractivity contribution in [3.05, 3.63) is 18.5 Å². The number of methoxy groups -OCH3 is 2. The van der Waals surface area contributed by atoms with Gasteiger partial charge < -0.3 is 19.3 Å². The fraction of sp³-hybridized carbons (Fsp3) is 0.438. The van der Waals surface area contributed by atoms with Crippen molar-refractivity contribution in [3.8, 4) is 11.5 Å². The molecule has 0 saturated carbocycles. The quantitative estimate of drug-likeness (QED) is 0.712. The lowest BCUT2D eigenvalue weighted by molar-refractivity contribution is 0.310. The van der Waals surface area contributed by atoms with Crippen LogP contribution in [-0.2, 0) is 0 Å². The van der Waals surface area contributed by atoms with E-state index in [4.69, 9.17) is 14.5 Å². The topological polar surface area (TPSA) is 68.0 Å². The van der Waals surface area contributed by atoms with Crippen LogP contribution in [0.2, 0.25) is 0 Å². The number of fused-ring (bicyclic) bond motifs is 3. The highest BCUT2D eigenvalue weighted by atomic mass is 16.5. The molecule has 1 fully saturated rings. The molecule has 0 bridgehead atoms. The standard InChI is InChI=1S/C16H20N6O2/c1-20-4-6-21(7-5-20)16-19-12-9-14(24-3)13(23-2)8-11(12)15-17-10-18-22(15)16/h8-10H,4-7H2,1-3H3. The minimum absolute atomic E-state index is 0.657. The Morgan fingerprint density at radius 1 is 1.00 bits per heavy atom. The first kappa shape index (κ1) is 14.9. The summed E-state index contributed by atoms with van der Waals surface area (Å²) in [4.78, 5) is 13.8. The van der Waals surface area contributed by atoms with Gasteiger partial charge in [-0.25, -0.2) is 9.97 Å². The lowest BCUT2D eigenvalue weighted by atomic mass is 10.2. The molecule has 0 unspecified atom stereocenters. The summed E-state index contributed by atoms with van der Waals surface area (Å²) in [6, 6.07) is 3.79. The molecule has 1 saturated heterocycles. The van der Waals surface area contributed by atoms with Crippen LogP contribution in [0.5, 0.6) is 11.5 Å². The highest BCUT2D eigenvalue weighted by Gasteiger charge is 2.21. The van der Waals surface area contributed by atoms with Gasteiger partial charge in [-0.2, -0.15) is 9.61 Å². The number of ether oxygens (including phenoxy) is 2. The fourth-order valence-corrected chi connectivity index (χ4v) is 3.08. The number of nitrogens with zero attached hydrogens (tertiary/aromatic N) is 6. The van der Waals surface area contributed by atoms with Crippen LogP contribution in [0.1, 0.15) is 0 Å². The molecule has 8 nitrogen and oxygen atoms in total. The normalized spacial score (nSPS) is 16.0. The summed E-state index contributed by atoms with van der Waals surface area (Å²) in [6.07, 6.45) is 1.56. The number of aromatic nitrogens is 4. The van der Waals surface area contributed by atoms with Gasteiger partial charge in [-0.1, -0.05) is 0 Å². The summed E-state index contributed by atoms with van der Waals surface area (Å²) in [5, 5.41) is 5.27. The van der Waals surface area contributed by atoms with Crippen molar-refractivity contribution >= 4 is 22.5 Å². The number of rotatable bonds is 3. The van der Waals surface area contributed by atoms with E-state index in [9.17, 15) is 0 Å². The number of hydrogen-bond donors (Lipinski definition) is 0. The molecule has 24 heavy (non-hydrogen) atoms. The molecule has 1 aliphatic rings. The third kappa shape index (κ3) is 2.30. The Morgan fingerprint density at radius 2 is 1.71 bits per heavy atom. The average molecular weight is 328 g/mol. The van der Waals surface area contributed by atoms with Crippen molar-refractivity contribution < 1.29 is 9.47 Å². The third-order valence-corrected chi connectivity index (χ3v) is 4.49. The lowest BCUT2D eigenvalue weighted by Gasteiger charge is -2.33. The van der Waals surface area contributed by atoms with Gasteiger partial charge in [0.05, 0.1) is 19.7 Å². The Hall–Kier alpha value is -2.61. The molecule has 0 amide bonds. The summed E-state index contributed by atoms with van der Waals surface area (Å²) in [7, 11) is 5.38. The lowest BCUT2D eigenvalue weighted by Crippen LogP contribution is -2.45. The van der Waals surface area contributed by atoms with Gasteiger partial charge in [0.15, 0.2) is 17.1 Å². The van der Waals surface area contributed by atoms with E-state index in [1.807, 2.05) is 12.1 Å². The molecular weight excluding hydrogens is 308 g/mol. The minimum atomic E-state index is 0.657. The first-order valence-electron chi connectivity index (χ1n) is 7.90. The molecule has 0 aliphatic carbocycles. The van der Waals surface area contributed by atoms with E-state index in [2.05, 4.69) is 26.9 Å². The van der Waals surface area contributed by atoms with Gasteiger partial charge >= 0.3 is 0 Å². The molecular formula is C16H20N6O2. The highest BCUT2D eigenvalue weighted by molar-refractivity contribution is 5.94. The fourth-order valence-electron chi connectivity index (χ4n) is 3.08. The number of likely N-dealkylation sites (N-methyl/N-ethyl adjacent to an activating group) is 1. The van der Waals surface area contributed by atoms with Crippen molar-refractivity contribution in [2.24, 2.45) is 0 Å². The number of benzene rings is 1. The molecule has 8 heteroatoms. The second-order valence-corrected chi connectivity index (χ2v) is 5.92. The summed E-state index contributed by atoms with van der Waals surface area (Å²) < 4.78 is 12.6. The molecule has 2 aromatic heterocycles. The maximum atomic E-state index is 5.41. The SMILES string of the molecule is COc1cc2nc(N3CCN(C)CC3)n3ncnc3c2cc1OC. The Bertz CT molecular complexity index is 885. The van der Waals surface area contributed by atoms with Crippen molar-refractivity contribution in [1.82, 2.24) is 24.5 Å². The van der Waals surface area contributed by atoms with Gasteiger partial charge in [0.1, 0.15) is 6.33 Å². The Labute approximate surface area is 139 Å². The van der Waals surface area contributed by atoms with Crippen molar-refractivity contribution in [2.75, 3.05) is 52.3 Å². The average Bonchev–Trinajstić information content (AvgIpc) is 3.10. The largest absolute Gasteiger partial charge is 0.493 e. The molecule has 126 valence electrons. The summed E-state index contributed by atoms with van der Waals surface area (Å²) in [5.41, 5.74) is 1.59. The molecule has 4 rings (SSSR count). The predicted molar refractivity (Wildman–Crippen MR) is 91.1 cm³/mol. The van der Waals surface area contributed by atoms with E-state index in [1.54, 1.807) is 25.1 Å². The second kappa shape index (κ2) is 5.79. The van der Waals surface area contributed by atoms with E-state index in [0.717, 1.165) is 48.7 Å². The van der Waals surface area contributed by atoms with Crippen LogP contribution in [0.3, 0.4) is 0 Å². The number of piperazine rings is 1. The second-order valence-electron chi connectivity index (χ2n) is 5.92. The van der Waals surface area contributed by atoms with E-state index < -0.39 is 0 Å². The van der Waals surface area contributed by atoms with Gasteiger partial charge in [0.25, 0.3) is 0 Å². The zero-order chi connectivity index (χ0) is 16.7. The molecule has 0 spiro atoms. The molecule has 0 atom stereocenters. The van der Waals surface area contributed by atoms with Crippen molar-refractivity contribution in [2.45, 2.75) is 0 Å². The maximum Gasteiger partial charge on any atom is 0.229 e. The molecule has 3 heterocycles.